The molecule has 0 aromatic carbocycles. The van der Waals surface area contributed by atoms with Gasteiger partial charge in [0, 0.05) is 18.4 Å². The maximum absolute atomic E-state index is 7.50. The summed E-state index contributed by atoms with van der Waals surface area (Å²) in [5.41, 5.74) is 0. The van der Waals surface area contributed by atoms with Gasteiger partial charge in [0.05, 0.1) is 5.84 Å². The molecule has 2 N–H and O–H groups in total. The largest absolute Gasteiger partial charge is 0.370 e. The minimum atomic E-state index is 0. The van der Waals surface area contributed by atoms with Gasteiger partial charge in [-0.05, 0) is 11.8 Å². The molecule has 1 aliphatic carbocycles. The molecule has 1 aliphatic heterocycles. The molecule has 2 rings (SSSR count). The molecule has 4 unspecified atom stereocenters. The van der Waals surface area contributed by atoms with Crippen LogP contribution in [-0.4, -0.2) is 11.9 Å². The molecule has 0 aromatic rings. The van der Waals surface area contributed by atoms with Gasteiger partial charge in [0.25, 0.3) is 0 Å². The molecule has 1 heterocycles. The van der Waals surface area contributed by atoms with Crippen LogP contribution in [0.25, 0.3) is 0 Å². The zero-order valence-corrected chi connectivity index (χ0v) is 8.03. The van der Waals surface area contributed by atoms with E-state index in [0.29, 0.717) is 23.7 Å². The van der Waals surface area contributed by atoms with Gasteiger partial charge in [-0.25, -0.2) is 0 Å². The van der Waals surface area contributed by atoms with Crippen LogP contribution in [0.4, 0.5) is 0 Å². The fourth-order valence-electron chi connectivity index (χ4n) is 2.31. The lowest BCUT2D eigenvalue weighted by Gasteiger charge is -2.18. The molecule has 3 heteroatoms. The van der Waals surface area contributed by atoms with E-state index >= 15 is 0 Å². The second-order valence-electron chi connectivity index (χ2n) is 3.72. The molecule has 2 aliphatic rings. The van der Waals surface area contributed by atoms with Gasteiger partial charge < -0.3 is 5.32 Å². The summed E-state index contributed by atoms with van der Waals surface area (Å²) >= 11 is 0. The van der Waals surface area contributed by atoms with Crippen LogP contribution < -0.4 is 5.32 Å². The third-order valence-electron chi connectivity index (χ3n) is 2.93. The van der Waals surface area contributed by atoms with E-state index < -0.39 is 0 Å². The van der Waals surface area contributed by atoms with Gasteiger partial charge in [-0.3, -0.25) is 5.41 Å². The Morgan fingerprint density at radius 3 is 2.92 bits per heavy atom. The number of rotatable bonds is 1. The number of fused-ring (bicyclic) bond motifs is 1. The summed E-state index contributed by atoms with van der Waals surface area (Å²) in [7, 11) is 0. The van der Waals surface area contributed by atoms with Crippen LogP contribution in [0, 0.1) is 23.2 Å². The lowest BCUT2D eigenvalue weighted by molar-refractivity contribution is 0.466. The topological polar surface area (TPSA) is 35.9 Å². The first kappa shape index (κ1) is 9.59. The summed E-state index contributed by atoms with van der Waals surface area (Å²) in [4.78, 5) is 0. The zero-order chi connectivity index (χ0) is 8.01. The van der Waals surface area contributed by atoms with E-state index in [0.717, 1.165) is 12.3 Å². The molecule has 12 heavy (non-hydrogen) atoms. The van der Waals surface area contributed by atoms with Crippen molar-refractivity contribution in [3.63, 3.8) is 0 Å². The standard InChI is InChI=1S/C9H14N2.ClH/c1-3-6-8-5(2)4-7(10)11-9(6)8;/h3,5-6,8-9H,1,4H2,2H3,(H2,10,11);1H. The fraction of sp³-hybridized carbons (Fsp3) is 0.667. The second kappa shape index (κ2) is 3.09. The molecule has 0 bridgehead atoms. The Hall–Kier alpha value is -0.500. The molecular formula is C9H15ClN2. The maximum atomic E-state index is 7.50. The Kier molecular flexibility index (Phi) is 2.47. The third-order valence-corrected chi connectivity index (χ3v) is 2.93. The minimum absolute atomic E-state index is 0. The van der Waals surface area contributed by atoms with Crippen LogP contribution in [0.3, 0.4) is 0 Å². The predicted octanol–water partition coefficient (Wildman–Crippen LogP) is 1.82. The van der Waals surface area contributed by atoms with Crippen molar-refractivity contribution in [2.75, 3.05) is 0 Å². The normalized spacial score (nSPS) is 43.6. The van der Waals surface area contributed by atoms with E-state index in [1.165, 1.54) is 0 Å². The Bertz CT molecular complexity index is 215. The predicted molar refractivity (Wildman–Crippen MR) is 52.9 cm³/mol. The van der Waals surface area contributed by atoms with E-state index in [9.17, 15) is 0 Å². The molecule has 2 fully saturated rings. The van der Waals surface area contributed by atoms with E-state index in [1.54, 1.807) is 0 Å². The van der Waals surface area contributed by atoms with Crippen molar-refractivity contribution in [1.82, 2.24) is 5.32 Å². The third kappa shape index (κ3) is 1.24. The van der Waals surface area contributed by atoms with Gasteiger partial charge >= 0.3 is 0 Å². The molecule has 0 radical (unpaired) electrons. The highest BCUT2D eigenvalue weighted by molar-refractivity contribution is 5.85. The number of hydrogen-bond acceptors (Lipinski definition) is 1. The van der Waals surface area contributed by atoms with Crippen molar-refractivity contribution in [3.8, 4) is 0 Å². The van der Waals surface area contributed by atoms with Crippen molar-refractivity contribution in [2.24, 2.45) is 17.8 Å². The summed E-state index contributed by atoms with van der Waals surface area (Å²) in [6, 6.07) is 0.545. The number of amidine groups is 1. The Morgan fingerprint density at radius 1 is 1.67 bits per heavy atom. The van der Waals surface area contributed by atoms with E-state index in [4.69, 9.17) is 5.41 Å². The van der Waals surface area contributed by atoms with E-state index in [1.807, 2.05) is 6.08 Å². The molecular weight excluding hydrogens is 172 g/mol. The van der Waals surface area contributed by atoms with Crippen LogP contribution >= 0.6 is 12.4 Å². The van der Waals surface area contributed by atoms with Gasteiger partial charge in [0.15, 0.2) is 0 Å². The van der Waals surface area contributed by atoms with Crippen LogP contribution in [0.5, 0.6) is 0 Å². The number of piperidine rings is 1. The zero-order valence-electron chi connectivity index (χ0n) is 7.21. The number of hydrogen-bond donors (Lipinski definition) is 2. The fourth-order valence-corrected chi connectivity index (χ4v) is 2.31. The Morgan fingerprint density at radius 2 is 2.33 bits per heavy atom. The van der Waals surface area contributed by atoms with Crippen molar-refractivity contribution in [2.45, 2.75) is 19.4 Å². The number of halogens is 1. The molecule has 0 amide bonds. The highest BCUT2D eigenvalue weighted by Gasteiger charge is 2.53. The first-order valence-corrected chi connectivity index (χ1v) is 4.20. The number of nitrogens with one attached hydrogen (secondary N) is 2. The van der Waals surface area contributed by atoms with E-state index in [2.05, 4.69) is 18.8 Å². The van der Waals surface area contributed by atoms with Gasteiger partial charge in [-0.1, -0.05) is 13.0 Å². The summed E-state index contributed by atoms with van der Waals surface area (Å²) in [5, 5.41) is 10.7. The van der Waals surface area contributed by atoms with Gasteiger partial charge in [0.2, 0.25) is 0 Å². The Labute approximate surface area is 79.3 Å². The molecule has 0 spiro atoms. The summed E-state index contributed by atoms with van der Waals surface area (Å²) in [5.74, 6) is 2.79. The van der Waals surface area contributed by atoms with Crippen LogP contribution in [0.15, 0.2) is 12.7 Å². The van der Waals surface area contributed by atoms with Crippen LogP contribution in [0.1, 0.15) is 13.3 Å². The Balaban J connectivity index is 0.000000720. The first-order chi connectivity index (χ1) is 5.24. The lowest BCUT2D eigenvalue weighted by Crippen LogP contribution is -2.33. The molecule has 2 nitrogen and oxygen atoms in total. The molecule has 68 valence electrons. The van der Waals surface area contributed by atoms with Crippen molar-refractivity contribution >= 4 is 18.2 Å². The van der Waals surface area contributed by atoms with E-state index in [-0.39, 0.29) is 12.4 Å². The highest BCUT2D eigenvalue weighted by Crippen LogP contribution is 2.48. The first-order valence-electron chi connectivity index (χ1n) is 4.20. The van der Waals surface area contributed by atoms with Crippen molar-refractivity contribution < 1.29 is 0 Å². The smallest absolute Gasteiger partial charge is 0.0936 e. The van der Waals surface area contributed by atoms with Crippen LogP contribution in [-0.2, 0) is 0 Å². The molecule has 0 aromatic heterocycles. The maximum Gasteiger partial charge on any atom is 0.0936 e. The van der Waals surface area contributed by atoms with Gasteiger partial charge in [-0.2, -0.15) is 0 Å². The molecule has 1 saturated carbocycles. The summed E-state index contributed by atoms with van der Waals surface area (Å²) in [6.07, 6.45) is 2.95. The second-order valence-corrected chi connectivity index (χ2v) is 3.72. The quantitative estimate of drug-likeness (QED) is 0.603. The molecule has 1 saturated heterocycles. The molecule has 4 atom stereocenters. The average molecular weight is 187 g/mol. The van der Waals surface area contributed by atoms with Gasteiger partial charge in [-0.15, -0.1) is 19.0 Å². The highest BCUT2D eigenvalue weighted by atomic mass is 35.5. The summed E-state index contributed by atoms with van der Waals surface area (Å²) in [6.45, 7) is 6.03. The summed E-state index contributed by atoms with van der Waals surface area (Å²) < 4.78 is 0. The van der Waals surface area contributed by atoms with Gasteiger partial charge in [0.1, 0.15) is 0 Å². The van der Waals surface area contributed by atoms with Crippen molar-refractivity contribution in [3.05, 3.63) is 12.7 Å². The average Bonchev–Trinajstić information content (AvgIpc) is 2.61. The SMILES string of the molecule is C=CC1C2NC(=N)CC(C)C12.Cl. The van der Waals surface area contributed by atoms with Crippen molar-refractivity contribution in [1.29, 1.82) is 5.41 Å². The van der Waals surface area contributed by atoms with Crippen LogP contribution in [0.2, 0.25) is 0 Å². The monoisotopic (exact) mass is 186 g/mol. The lowest BCUT2D eigenvalue weighted by atomic mass is 9.97. The minimum Gasteiger partial charge on any atom is -0.370 e.